The summed E-state index contributed by atoms with van der Waals surface area (Å²) in [5.41, 5.74) is 0.266. The molecule has 0 heterocycles. The van der Waals surface area contributed by atoms with Crippen molar-refractivity contribution in [3.05, 3.63) is 52.5 Å². The van der Waals surface area contributed by atoms with Crippen LogP contribution in [0.15, 0.2) is 36.4 Å². The number of esters is 1. The zero-order valence-electron chi connectivity index (χ0n) is 17.7. The number of benzene rings is 2. The first-order valence-electron chi connectivity index (χ1n) is 10.2. The number of ether oxygens (including phenoxy) is 2. The summed E-state index contributed by atoms with van der Waals surface area (Å²) in [4.78, 5) is 12.1. The molecule has 3 atom stereocenters. The molecule has 180 valence electrons. The zero-order valence-corrected chi connectivity index (χ0v) is 18.4. The Labute approximate surface area is 191 Å². The Bertz CT molecular complexity index is 1000. The van der Waals surface area contributed by atoms with E-state index in [1.807, 2.05) is 0 Å². The molecule has 3 rings (SSSR count). The summed E-state index contributed by atoms with van der Waals surface area (Å²) in [5.74, 6) is -1.24. The van der Waals surface area contributed by atoms with Gasteiger partial charge in [0.15, 0.2) is 6.61 Å². The largest absolute Gasteiger partial charge is 0.483 e. The van der Waals surface area contributed by atoms with Crippen molar-refractivity contribution in [2.45, 2.75) is 38.5 Å². The van der Waals surface area contributed by atoms with Crippen molar-refractivity contribution in [2.75, 3.05) is 13.2 Å². The van der Waals surface area contributed by atoms with Crippen LogP contribution in [0.3, 0.4) is 0 Å². The van der Waals surface area contributed by atoms with Crippen LogP contribution < -0.4 is 4.74 Å². The van der Waals surface area contributed by atoms with Crippen molar-refractivity contribution in [3.8, 4) is 16.9 Å². The minimum atomic E-state index is -4.60. The highest BCUT2D eigenvalue weighted by Crippen LogP contribution is 2.54. The van der Waals surface area contributed by atoms with Gasteiger partial charge in [-0.1, -0.05) is 30.7 Å². The molecule has 2 aromatic carbocycles. The van der Waals surface area contributed by atoms with Gasteiger partial charge in [0.1, 0.15) is 5.75 Å². The van der Waals surface area contributed by atoms with Gasteiger partial charge in [-0.2, -0.15) is 26.3 Å². The fraction of sp³-hybridized carbons (Fsp3) is 0.435. The van der Waals surface area contributed by atoms with Crippen LogP contribution in [-0.2, 0) is 15.7 Å². The van der Waals surface area contributed by atoms with Crippen molar-refractivity contribution < 1.29 is 40.6 Å². The number of hydrogen-bond donors (Lipinski definition) is 0. The maximum Gasteiger partial charge on any atom is 0.422 e. The van der Waals surface area contributed by atoms with E-state index in [4.69, 9.17) is 21.1 Å². The molecule has 1 aliphatic rings. The lowest BCUT2D eigenvalue weighted by Crippen LogP contribution is -2.19. The van der Waals surface area contributed by atoms with Crippen LogP contribution in [0, 0.1) is 11.8 Å². The van der Waals surface area contributed by atoms with Crippen LogP contribution >= 0.6 is 11.6 Å². The van der Waals surface area contributed by atoms with E-state index in [1.54, 1.807) is 19.9 Å². The van der Waals surface area contributed by atoms with Crippen LogP contribution in [0.4, 0.5) is 26.3 Å². The Morgan fingerprint density at radius 3 is 2.30 bits per heavy atom. The van der Waals surface area contributed by atoms with Gasteiger partial charge in [0.05, 0.1) is 23.1 Å². The average Bonchev–Trinajstić information content (AvgIpc) is 3.52. The SMILES string of the molecule is CCOC(=O)C(C)C1CC1c1cc(OCC(F)(F)F)c(Cl)c(-c2ccc(C(F)(F)F)cc2)c1. The molecule has 0 saturated heterocycles. The highest BCUT2D eigenvalue weighted by atomic mass is 35.5. The molecule has 0 aliphatic heterocycles. The van der Waals surface area contributed by atoms with E-state index < -0.39 is 30.4 Å². The van der Waals surface area contributed by atoms with Crippen molar-refractivity contribution >= 4 is 17.6 Å². The molecule has 1 fully saturated rings. The van der Waals surface area contributed by atoms with Gasteiger partial charge in [-0.05, 0) is 60.6 Å². The van der Waals surface area contributed by atoms with Crippen LogP contribution in [0.1, 0.15) is 37.3 Å². The Kier molecular flexibility index (Phi) is 7.21. The third-order valence-electron chi connectivity index (χ3n) is 5.54. The average molecular weight is 495 g/mol. The zero-order chi connectivity index (χ0) is 24.6. The van der Waals surface area contributed by atoms with Gasteiger partial charge >= 0.3 is 18.3 Å². The predicted molar refractivity (Wildman–Crippen MR) is 110 cm³/mol. The maximum atomic E-state index is 12.9. The molecule has 1 aliphatic carbocycles. The molecule has 3 nitrogen and oxygen atoms in total. The molecule has 33 heavy (non-hydrogen) atoms. The lowest BCUT2D eigenvalue weighted by Gasteiger charge is -2.17. The molecule has 10 heteroatoms. The third-order valence-corrected chi connectivity index (χ3v) is 5.93. The molecule has 0 aromatic heterocycles. The lowest BCUT2D eigenvalue weighted by molar-refractivity contribution is -0.153. The first kappa shape index (κ1) is 25.2. The summed E-state index contributed by atoms with van der Waals surface area (Å²) in [7, 11) is 0. The van der Waals surface area contributed by atoms with E-state index in [0.29, 0.717) is 17.5 Å². The van der Waals surface area contributed by atoms with Crippen LogP contribution in [0.5, 0.6) is 5.75 Å². The highest BCUT2D eigenvalue weighted by Gasteiger charge is 2.45. The molecule has 0 bridgehead atoms. The monoisotopic (exact) mass is 494 g/mol. The lowest BCUT2D eigenvalue weighted by atomic mass is 9.96. The molecule has 0 N–H and O–H groups in total. The van der Waals surface area contributed by atoms with E-state index in [2.05, 4.69) is 0 Å². The number of hydrogen-bond acceptors (Lipinski definition) is 3. The van der Waals surface area contributed by atoms with Gasteiger partial charge in [0.2, 0.25) is 0 Å². The standard InChI is InChI=1S/C23H21ClF6O3/c1-3-32-21(31)12(2)16-10-17(16)14-8-18(13-4-6-15(7-5-13)23(28,29)30)20(24)19(9-14)33-11-22(25,26)27/h4-9,12,16-17H,3,10-11H2,1-2H3. The van der Waals surface area contributed by atoms with Crippen molar-refractivity contribution in [3.63, 3.8) is 0 Å². The summed E-state index contributed by atoms with van der Waals surface area (Å²) in [5, 5.41) is -0.140. The van der Waals surface area contributed by atoms with E-state index in [0.717, 1.165) is 12.1 Å². The van der Waals surface area contributed by atoms with Crippen LogP contribution in [0.2, 0.25) is 5.02 Å². The van der Waals surface area contributed by atoms with E-state index in [9.17, 15) is 31.1 Å². The first-order valence-corrected chi connectivity index (χ1v) is 10.6. The number of carbonyl (C=O) groups excluding carboxylic acids is 1. The predicted octanol–water partition coefficient (Wildman–Crippen LogP) is 7.27. The summed E-state index contributed by atoms with van der Waals surface area (Å²) >= 11 is 6.30. The number of rotatable bonds is 7. The van der Waals surface area contributed by atoms with Gasteiger partial charge in [0, 0.05) is 5.56 Å². The number of carbonyl (C=O) groups is 1. The molecule has 0 amide bonds. The van der Waals surface area contributed by atoms with Gasteiger partial charge in [0.25, 0.3) is 0 Å². The van der Waals surface area contributed by atoms with Crippen molar-refractivity contribution in [1.29, 1.82) is 0 Å². The Morgan fingerprint density at radius 1 is 1.12 bits per heavy atom. The topological polar surface area (TPSA) is 35.5 Å². The molecule has 0 radical (unpaired) electrons. The van der Waals surface area contributed by atoms with Crippen LogP contribution in [0.25, 0.3) is 11.1 Å². The number of halogens is 7. The quantitative estimate of drug-likeness (QED) is 0.300. The second kappa shape index (κ2) is 9.44. The Balaban J connectivity index is 1.96. The maximum absolute atomic E-state index is 12.9. The van der Waals surface area contributed by atoms with E-state index in [-0.39, 0.29) is 40.7 Å². The third kappa shape index (κ3) is 6.13. The smallest absolute Gasteiger partial charge is 0.422 e. The molecule has 2 aromatic rings. The van der Waals surface area contributed by atoms with Crippen molar-refractivity contribution in [2.24, 2.45) is 11.8 Å². The molecule has 1 saturated carbocycles. The minimum absolute atomic E-state index is 0.0823. The number of alkyl halides is 6. The molecule has 3 unspecified atom stereocenters. The normalized spacial score (nSPS) is 19.2. The fourth-order valence-corrected chi connectivity index (χ4v) is 4.02. The van der Waals surface area contributed by atoms with E-state index >= 15 is 0 Å². The van der Waals surface area contributed by atoms with Gasteiger partial charge in [-0.15, -0.1) is 0 Å². The second-order valence-electron chi connectivity index (χ2n) is 7.91. The summed E-state index contributed by atoms with van der Waals surface area (Å²) in [6.45, 7) is 2.07. The highest BCUT2D eigenvalue weighted by molar-refractivity contribution is 6.34. The van der Waals surface area contributed by atoms with Crippen LogP contribution in [-0.4, -0.2) is 25.4 Å². The van der Waals surface area contributed by atoms with E-state index in [1.165, 1.54) is 18.2 Å². The summed E-state index contributed by atoms with van der Waals surface area (Å²) < 4.78 is 86.8. The van der Waals surface area contributed by atoms with Gasteiger partial charge in [-0.3, -0.25) is 4.79 Å². The molecular weight excluding hydrogens is 474 g/mol. The second-order valence-corrected chi connectivity index (χ2v) is 8.28. The van der Waals surface area contributed by atoms with Gasteiger partial charge in [-0.25, -0.2) is 0 Å². The first-order chi connectivity index (χ1) is 15.3. The fourth-order valence-electron chi connectivity index (χ4n) is 3.75. The summed E-state index contributed by atoms with van der Waals surface area (Å²) in [6.07, 6.45) is -8.53. The Hall–Kier alpha value is -2.42. The molecular formula is C23H21ClF6O3. The minimum Gasteiger partial charge on any atom is -0.483 e. The Morgan fingerprint density at radius 2 is 1.76 bits per heavy atom. The van der Waals surface area contributed by atoms with Crippen molar-refractivity contribution in [1.82, 2.24) is 0 Å². The summed E-state index contributed by atoms with van der Waals surface area (Å²) in [6, 6.07) is 7.16. The molecule has 0 spiro atoms. The van der Waals surface area contributed by atoms with Gasteiger partial charge < -0.3 is 9.47 Å².